The fraction of sp³-hybridized carbons (Fsp3) is 0. The first-order valence-electron chi connectivity index (χ1n) is 4.17. The Morgan fingerprint density at radius 1 is 1.14 bits per heavy atom. The van der Waals surface area contributed by atoms with Gasteiger partial charge in [0.05, 0.1) is 15.7 Å². The molecular weight excluding hydrogens is 212 g/mol. The fourth-order valence-electron chi connectivity index (χ4n) is 1.30. The monoisotopic (exact) mass is 218 g/mol. The molecular formula is C10H6N2S2. The summed E-state index contributed by atoms with van der Waals surface area (Å²) in [5.74, 6) is 0. The summed E-state index contributed by atoms with van der Waals surface area (Å²) in [6.07, 6.45) is 0. The van der Waals surface area contributed by atoms with Crippen LogP contribution in [0.1, 0.15) is 0 Å². The molecule has 68 valence electrons. The van der Waals surface area contributed by atoms with Gasteiger partial charge >= 0.3 is 0 Å². The number of para-hydroxylation sites is 1. The summed E-state index contributed by atoms with van der Waals surface area (Å²) >= 11 is 3.29. The number of benzene rings is 1. The molecule has 2 heterocycles. The van der Waals surface area contributed by atoms with E-state index >= 15 is 0 Å². The van der Waals surface area contributed by atoms with Crippen LogP contribution in [0.25, 0.3) is 20.9 Å². The van der Waals surface area contributed by atoms with Crippen LogP contribution in [0, 0.1) is 0 Å². The lowest BCUT2D eigenvalue weighted by Crippen LogP contribution is -1.72. The highest BCUT2D eigenvalue weighted by molar-refractivity contribution is 7.21. The van der Waals surface area contributed by atoms with E-state index in [4.69, 9.17) is 0 Å². The molecule has 2 nitrogen and oxygen atoms in total. The van der Waals surface area contributed by atoms with Crippen LogP contribution in [0.4, 0.5) is 0 Å². The van der Waals surface area contributed by atoms with E-state index in [1.807, 2.05) is 29.1 Å². The van der Waals surface area contributed by atoms with E-state index in [9.17, 15) is 0 Å². The molecule has 0 aliphatic heterocycles. The molecule has 2 aromatic heterocycles. The van der Waals surface area contributed by atoms with E-state index in [0.29, 0.717) is 0 Å². The van der Waals surface area contributed by atoms with Crippen LogP contribution < -0.4 is 0 Å². The van der Waals surface area contributed by atoms with Gasteiger partial charge in [0.15, 0.2) is 0 Å². The first kappa shape index (κ1) is 8.08. The molecule has 0 saturated carbocycles. The molecule has 0 unspecified atom stereocenters. The van der Waals surface area contributed by atoms with Gasteiger partial charge in [0.2, 0.25) is 0 Å². The number of aromatic nitrogens is 2. The minimum Gasteiger partial charge on any atom is -0.242 e. The van der Waals surface area contributed by atoms with Crippen LogP contribution >= 0.6 is 22.7 Å². The Labute approximate surface area is 88.9 Å². The predicted octanol–water partition coefficient (Wildman–Crippen LogP) is 3.42. The van der Waals surface area contributed by atoms with Gasteiger partial charge in [-0.1, -0.05) is 12.1 Å². The smallest absolute Gasteiger partial charge is 0.143 e. The van der Waals surface area contributed by atoms with Crippen LogP contribution in [0.2, 0.25) is 0 Å². The molecule has 3 rings (SSSR count). The second-order valence-corrected chi connectivity index (χ2v) is 4.61. The molecule has 0 saturated heterocycles. The van der Waals surface area contributed by atoms with E-state index in [1.165, 1.54) is 4.70 Å². The van der Waals surface area contributed by atoms with Gasteiger partial charge in [-0.3, -0.25) is 0 Å². The van der Waals surface area contributed by atoms with Crippen molar-refractivity contribution in [3.63, 3.8) is 0 Å². The Hall–Kier alpha value is -1.26. The van der Waals surface area contributed by atoms with E-state index in [0.717, 1.165) is 16.2 Å². The third kappa shape index (κ3) is 1.23. The van der Waals surface area contributed by atoms with Gasteiger partial charge in [-0.25, -0.2) is 9.97 Å². The van der Waals surface area contributed by atoms with Crippen molar-refractivity contribution in [1.29, 1.82) is 0 Å². The van der Waals surface area contributed by atoms with Crippen molar-refractivity contribution in [2.24, 2.45) is 0 Å². The maximum atomic E-state index is 4.52. The molecule has 14 heavy (non-hydrogen) atoms. The molecule has 0 radical (unpaired) electrons. The molecule has 3 aromatic rings. The third-order valence-electron chi connectivity index (χ3n) is 1.95. The fourth-order valence-corrected chi connectivity index (χ4v) is 2.84. The number of nitrogens with zero attached hydrogens (tertiary/aromatic N) is 2. The van der Waals surface area contributed by atoms with Crippen LogP contribution in [-0.2, 0) is 0 Å². The molecule has 0 amide bonds. The Kier molecular flexibility index (Phi) is 1.82. The first-order valence-corrected chi connectivity index (χ1v) is 5.93. The Bertz CT molecular complexity index is 521. The van der Waals surface area contributed by atoms with Crippen LogP contribution in [0.3, 0.4) is 0 Å². The molecule has 0 spiro atoms. The molecule has 0 aliphatic carbocycles. The summed E-state index contributed by atoms with van der Waals surface area (Å²) in [5, 5.41) is 3.03. The standard InChI is InChI=1S/C10H6N2S2/c1-2-4-9-7(3-1)12-10(14-9)8-5-13-6-11-8/h1-6H. The summed E-state index contributed by atoms with van der Waals surface area (Å²) in [4.78, 5) is 8.77. The lowest BCUT2D eigenvalue weighted by Gasteiger charge is -1.83. The summed E-state index contributed by atoms with van der Waals surface area (Å²) in [6.45, 7) is 0. The Balaban J connectivity index is 2.24. The molecule has 0 atom stereocenters. The van der Waals surface area contributed by atoms with Crippen LogP contribution in [0.15, 0.2) is 35.2 Å². The highest BCUT2D eigenvalue weighted by Crippen LogP contribution is 2.29. The zero-order valence-electron chi connectivity index (χ0n) is 7.18. The maximum Gasteiger partial charge on any atom is 0.143 e. The van der Waals surface area contributed by atoms with Crippen molar-refractivity contribution in [3.05, 3.63) is 35.2 Å². The normalized spacial score (nSPS) is 10.9. The SMILES string of the molecule is c1ccc2sc(-c3cscn3)nc2c1. The average Bonchev–Trinajstić information content (AvgIpc) is 2.86. The summed E-state index contributed by atoms with van der Waals surface area (Å²) < 4.78 is 1.22. The van der Waals surface area contributed by atoms with E-state index in [-0.39, 0.29) is 0 Å². The van der Waals surface area contributed by atoms with E-state index in [2.05, 4.69) is 16.0 Å². The zero-order valence-corrected chi connectivity index (χ0v) is 8.81. The summed E-state index contributed by atoms with van der Waals surface area (Å²) in [5.41, 5.74) is 3.87. The number of rotatable bonds is 1. The lowest BCUT2D eigenvalue weighted by atomic mass is 10.3. The molecule has 0 bridgehead atoms. The third-order valence-corrected chi connectivity index (χ3v) is 3.59. The second kappa shape index (κ2) is 3.15. The van der Waals surface area contributed by atoms with Gasteiger partial charge in [-0.2, -0.15) is 0 Å². The topological polar surface area (TPSA) is 25.8 Å². The van der Waals surface area contributed by atoms with Gasteiger partial charge in [-0.05, 0) is 12.1 Å². The minimum absolute atomic E-state index is 0.983. The number of hydrogen-bond donors (Lipinski definition) is 0. The highest BCUT2D eigenvalue weighted by atomic mass is 32.1. The molecule has 1 aromatic carbocycles. The Morgan fingerprint density at radius 2 is 2.07 bits per heavy atom. The Morgan fingerprint density at radius 3 is 2.86 bits per heavy atom. The van der Waals surface area contributed by atoms with Crippen molar-refractivity contribution in [1.82, 2.24) is 9.97 Å². The predicted molar refractivity (Wildman–Crippen MR) is 60.7 cm³/mol. The molecule has 4 heteroatoms. The van der Waals surface area contributed by atoms with Crippen molar-refractivity contribution in [2.45, 2.75) is 0 Å². The number of hydrogen-bond acceptors (Lipinski definition) is 4. The first-order chi connectivity index (χ1) is 6.93. The summed E-state index contributed by atoms with van der Waals surface area (Å²) in [6, 6.07) is 8.16. The molecule has 0 aliphatic rings. The van der Waals surface area contributed by atoms with Crippen LogP contribution in [-0.4, -0.2) is 9.97 Å². The number of thiazole rings is 2. The average molecular weight is 218 g/mol. The number of fused-ring (bicyclic) bond motifs is 1. The van der Waals surface area contributed by atoms with Gasteiger partial charge in [-0.15, -0.1) is 22.7 Å². The van der Waals surface area contributed by atoms with Crippen molar-refractivity contribution < 1.29 is 0 Å². The summed E-state index contributed by atoms with van der Waals surface area (Å²) in [7, 11) is 0. The highest BCUT2D eigenvalue weighted by Gasteiger charge is 2.06. The van der Waals surface area contributed by atoms with Gasteiger partial charge in [0.1, 0.15) is 10.7 Å². The van der Waals surface area contributed by atoms with Crippen LogP contribution in [0.5, 0.6) is 0 Å². The van der Waals surface area contributed by atoms with Crippen molar-refractivity contribution in [2.75, 3.05) is 0 Å². The molecule has 0 fully saturated rings. The van der Waals surface area contributed by atoms with Gasteiger partial charge < -0.3 is 0 Å². The minimum atomic E-state index is 0.983. The zero-order chi connectivity index (χ0) is 9.38. The second-order valence-electron chi connectivity index (χ2n) is 2.86. The lowest BCUT2D eigenvalue weighted by molar-refractivity contribution is 1.37. The van der Waals surface area contributed by atoms with E-state index in [1.54, 1.807) is 22.7 Å². The van der Waals surface area contributed by atoms with Gasteiger partial charge in [0, 0.05) is 5.38 Å². The van der Waals surface area contributed by atoms with Crippen molar-refractivity contribution >= 4 is 32.9 Å². The van der Waals surface area contributed by atoms with Crippen molar-refractivity contribution in [3.8, 4) is 10.7 Å². The maximum absolute atomic E-state index is 4.52. The molecule has 0 N–H and O–H groups in total. The largest absolute Gasteiger partial charge is 0.242 e. The quantitative estimate of drug-likeness (QED) is 0.625. The van der Waals surface area contributed by atoms with Gasteiger partial charge in [0.25, 0.3) is 0 Å². The van der Waals surface area contributed by atoms with E-state index < -0.39 is 0 Å².